The van der Waals surface area contributed by atoms with E-state index in [0.29, 0.717) is 6.61 Å². The van der Waals surface area contributed by atoms with Crippen LogP contribution in [-0.2, 0) is 4.79 Å². The standard InChI is InChI=1S/C15H23NO3/c1-4-16(13(3)11-15(17)18)8-9-19-14-7-5-6-12(2)10-14/h5-7,10,13H,4,8-9,11H2,1-3H3,(H,17,18). The minimum absolute atomic E-state index is 0.0311. The van der Waals surface area contributed by atoms with E-state index in [1.165, 1.54) is 5.56 Å². The number of carbonyl (C=O) groups is 1. The first-order valence-corrected chi connectivity index (χ1v) is 6.68. The van der Waals surface area contributed by atoms with Gasteiger partial charge in [0.25, 0.3) is 0 Å². The predicted molar refractivity (Wildman–Crippen MR) is 75.6 cm³/mol. The van der Waals surface area contributed by atoms with Crippen LogP contribution in [0.15, 0.2) is 24.3 Å². The largest absolute Gasteiger partial charge is 0.492 e. The van der Waals surface area contributed by atoms with E-state index in [2.05, 4.69) is 4.90 Å². The van der Waals surface area contributed by atoms with E-state index in [4.69, 9.17) is 9.84 Å². The summed E-state index contributed by atoms with van der Waals surface area (Å²) in [7, 11) is 0. The lowest BCUT2D eigenvalue weighted by atomic mass is 10.2. The molecule has 0 saturated heterocycles. The molecule has 0 spiro atoms. The van der Waals surface area contributed by atoms with Gasteiger partial charge in [0.2, 0.25) is 0 Å². The molecule has 1 unspecified atom stereocenters. The maximum atomic E-state index is 10.7. The molecule has 19 heavy (non-hydrogen) atoms. The third kappa shape index (κ3) is 5.75. The van der Waals surface area contributed by atoms with Gasteiger partial charge in [0.15, 0.2) is 0 Å². The Hall–Kier alpha value is -1.55. The lowest BCUT2D eigenvalue weighted by molar-refractivity contribution is -0.138. The fourth-order valence-corrected chi connectivity index (χ4v) is 2.06. The number of hydrogen-bond acceptors (Lipinski definition) is 3. The average Bonchev–Trinajstić information content (AvgIpc) is 2.33. The summed E-state index contributed by atoms with van der Waals surface area (Å²) in [5, 5.41) is 8.80. The number of benzene rings is 1. The van der Waals surface area contributed by atoms with Crippen molar-refractivity contribution in [2.24, 2.45) is 0 Å². The Kier molecular flexibility index (Phi) is 6.36. The number of nitrogens with zero attached hydrogens (tertiary/aromatic N) is 1. The van der Waals surface area contributed by atoms with E-state index in [1.807, 2.05) is 45.0 Å². The molecule has 1 N–H and O–H groups in total. The van der Waals surface area contributed by atoms with Gasteiger partial charge < -0.3 is 9.84 Å². The van der Waals surface area contributed by atoms with Gasteiger partial charge in [-0.15, -0.1) is 0 Å². The molecule has 0 aliphatic heterocycles. The van der Waals surface area contributed by atoms with Gasteiger partial charge in [0.05, 0.1) is 6.42 Å². The first kappa shape index (κ1) is 15.5. The molecule has 106 valence electrons. The van der Waals surface area contributed by atoms with Gasteiger partial charge in [-0.05, 0) is 38.1 Å². The first-order valence-electron chi connectivity index (χ1n) is 6.68. The molecule has 0 bridgehead atoms. The summed E-state index contributed by atoms with van der Waals surface area (Å²) in [6.07, 6.45) is 0.165. The summed E-state index contributed by atoms with van der Waals surface area (Å²) in [4.78, 5) is 12.8. The van der Waals surface area contributed by atoms with Crippen molar-refractivity contribution < 1.29 is 14.6 Å². The molecule has 0 saturated carbocycles. The Morgan fingerprint density at radius 2 is 2.21 bits per heavy atom. The number of carboxylic acids is 1. The molecule has 1 aromatic rings. The van der Waals surface area contributed by atoms with Crippen molar-refractivity contribution in [3.05, 3.63) is 29.8 Å². The molecule has 1 rings (SSSR count). The zero-order valence-electron chi connectivity index (χ0n) is 11.9. The quantitative estimate of drug-likeness (QED) is 0.785. The zero-order chi connectivity index (χ0) is 14.3. The minimum atomic E-state index is -0.759. The van der Waals surface area contributed by atoms with Crippen molar-refractivity contribution in [2.45, 2.75) is 33.2 Å². The van der Waals surface area contributed by atoms with Gasteiger partial charge in [0, 0.05) is 12.6 Å². The maximum Gasteiger partial charge on any atom is 0.304 e. The molecular formula is C15H23NO3. The van der Waals surface area contributed by atoms with Crippen LogP contribution < -0.4 is 4.74 Å². The number of likely N-dealkylation sites (N-methyl/N-ethyl adjacent to an activating group) is 1. The lowest BCUT2D eigenvalue weighted by Crippen LogP contribution is -2.37. The molecule has 4 heteroatoms. The predicted octanol–water partition coefficient (Wildman–Crippen LogP) is 2.56. The second-order valence-electron chi connectivity index (χ2n) is 4.74. The van der Waals surface area contributed by atoms with Crippen LogP contribution in [0.1, 0.15) is 25.8 Å². The fourth-order valence-electron chi connectivity index (χ4n) is 2.06. The molecule has 0 radical (unpaired) electrons. The summed E-state index contributed by atoms with van der Waals surface area (Å²) in [6.45, 7) is 8.13. The van der Waals surface area contributed by atoms with Gasteiger partial charge in [-0.1, -0.05) is 19.1 Å². The van der Waals surface area contributed by atoms with Crippen LogP contribution in [0.2, 0.25) is 0 Å². The topological polar surface area (TPSA) is 49.8 Å². The highest BCUT2D eigenvalue weighted by Gasteiger charge is 2.15. The Bertz CT molecular complexity index is 406. The van der Waals surface area contributed by atoms with Gasteiger partial charge in [-0.25, -0.2) is 0 Å². The maximum absolute atomic E-state index is 10.7. The number of hydrogen-bond donors (Lipinski definition) is 1. The fraction of sp³-hybridized carbons (Fsp3) is 0.533. The molecule has 0 fully saturated rings. The molecular weight excluding hydrogens is 242 g/mol. The third-order valence-corrected chi connectivity index (χ3v) is 3.14. The van der Waals surface area contributed by atoms with Crippen LogP contribution in [0.3, 0.4) is 0 Å². The van der Waals surface area contributed by atoms with Crippen LogP contribution in [0.4, 0.5) is 0 Å². The Morgan fingerprint density at radius 3 is 2.79 bits per heavy atom. The Labute approximate surface area is 115 Å². The number of aryl methyl sites for hydroxylation is 1. The number of rotatable bonds is 8. The van der Waals surface area contributed by atoms with Crippen molar-refractivity contribution in [1.29, 1.82) is 0 Å². The van der Waals surface area contributed by atoms with Crippen LogP contribution in [-0.4, -0.2) is 41.7 Å². The molecule has 1 aromatic carbocycles. The van der Waals surface area contributed by atoms with E-state index in [9.17, 15) is 4.79 Å². The van der Waals surface area contributed by atoms with Crippen molar-refractivity contribution in [1.82, 2.24) is 4.90 Å². The second kappa shape index (κ2) is 7.79. The highest BCUT2D eigenvalue weighted by molar-refractivity contribution is 5.67. The van der Waals surface area contributed by atoms with Crippen molar-refractivity contribution >= 4 is 5.97 Å². The second-order valence-corrected chi connectivity index (χ2v) is 4.74. The molecule has 1 atom stereocenters. The molecule has 0 aromatic heterocycles. The van der Waals surface area contributed by atoms with E-state index in [-0.39, 0.29) is 12.5 Å². The highest BCUT2D eigenvalue weighted by atomic mass is 16.5. The van der Waals surface area contributed by atoms with Crippen molar-refractivity contribution in [3.63, 3.8) is 0 Å². The Balaban J connectivity index is 2.39. The number of aliphatic carboxylic acids is 1. The smallest absolute Gasteiger partial charge is 0.304 e. The zero-order valence-corrected chi connectivity index (χ0v) is 11.9. The number of ether oxygens (including phenoxy) is 1. The highest BCUT2D eigenvalue weighted by Crippen LogP contribution is 2.12. The first-order chi connectivity index (χ1) is 9.02. The van der Waals surface area contributed by atoms with Gasteiger partial charge in [0.1, 0.15) is 12.4 Å². The monoisotopic (exact) mass is 265 g/mol. The molecule has 0 amide bonds. The van der Waals surface area contributed by atoms with Crippen LogP contribution in [0.25, 0.3) is 0 Å². The van der Waals surface area contributed by atoms with E-state index >= 15 is 0 Å². The third-order valence-electron chi connectivity index (χ3n) is 3.14. The lowest BCUT2D eigenvalue weighted by Gasteiger charge is -2.26. The van der Waals surface area contributed by atoms with Crippen molar-refractivity contribution in [3.8, 4) is 5.75 Å². The SMILES string of the molecule is CCN(CCOc1cccc(C)c1)C(C)CC(=O)O. The van der Waals surface area contributed by atoms with Crippen molar-refractivity contribution in [2.75, 3.05) is 19.7 Å². The van der Waals surface area contributed by atoms with E-state index in [1.54, 1.807) is 0 Å². The van der Waals surface area contributed by atoms with E-state index < -0.39 is 5.97 Å². The van der Waals surface area contributed by atoms with E-state index in [0.717, 1.165) is 18.8 Å². The minimum Gasteiger partial charge on any atom is -0.492 e. The molecule has 0 aliphatic carbocycles. The summed E-state index contributed by atoms with van der Waals surface area (Å²) < 4.78 is 5.69. The average molecular weight is 265 g/mol. The van der Waals surface area contributed by atoms with Crippen LogP contribution in [0.5, 0.6) is 5.75 Å². The van der Waals surface area contributed by atoms with Crippen LogP contribution in [0, 0.1) is 6.92 Å². The number of carboxylic acid groups (broad SMARTS) is 1. The summed E-state index contributed by atoms with van der Waals surface area (Å²) in [5.41, 5.74) is 1.17. The van der Waals surface area contributed by atoms with Gasteiger partial charge in [-0.3, -0.25) is 9.69 Å². The molecule has 4 nitrogen and oxygen atoms in total. The molecule has 0 aliphatic rings. The van der Waals surface area contributed by atoms with Gasteiger partial charge >= 0.3 is 5.97 Å². The normalized spacial score (nSPS) is 12.4. The summed E-state index contributed by atoms with van der Waals surface area (Å²) >= 11 is 0. The summed E-state index contributed by atoms with van der Waals surface area (Å²) in [5.74, 6) is 0.104. The van der Waals surface area contributed by atoms with Crippen LogP contribution >= 0.6 is 0 Å². The Morgan fingerprint density at radius 1 is 1.47 bits per heavy atom. The van der Waals surface area contributed by atoms with Gasteiger partial charge in [-0.2, -0.15) is 0 Å². The molecule has 0 heterocycles. The summed E-state index contributed by atoms with van der Waals surface area (Å²) in [6, 6.07) is 7.96.